The fourth-order valence-corrected chi connectivity index (χ4v) is 1.81. The van der Waals surface area contributed by atoms with Crippen LogP contribution in [0.3, 0.4) is 0 Å². The zero-order valence-corrected chi connectivity index (χ0v) is 12.5. The molecule has 0 radical (unpaired) electrons. The highest BCUT2D eigenvalue weighted by Gasteiger charge is 2.08. The van der Waals surface area contributed by atoms with Crippen molar-refractivity contribution in [3.8, 4) is 11.8 Å². The summed E-state index contributed by atoms with van der Waals surface area (Å²) in [6.45, 7) is 4.67. The number of aromatic nitrogens is 2. The number of rotatable bonds is 4. The van der Waals surface area contributed by atoms with Crippen LogP contribution in [-0.4, -0.2) is 22.4 Å². The minimum atomic E-state index is -0.244. The van der Waals surface area contributed by atoms with E-state index in [1.807, 2.05) is 19.9 Å². The van der Waals surface area contributed by atoms with Crippen molar-refractivity contribution in [1.29, 1.82) is 5.26 Å². The maximum atomic E-state index is 11.7. The molecule has 2 aromatic rings. The number of urea groups is 1. The fraction of sp³-hybridized carbons (Fsp3) is 0.267. The van der Waals surface area contributed by atoms with Crippen LogP contribution in [0.2, 0.25) is 0 Å². The van der Waals surface area contributed by atoms with Crippen LogP contribution < -0.4 is 16.4 Å². The van der Waals surface area contributed by atoms with E-state index in [0.29, 0.717) is 29.4 Å². The van der Waals surface area contributed by atoms with Crippen LogP contribution in [0.4, 0.5) is 16.3 Å². The Hall–Kier alpha value is -3.01. The summed E-state index contributed by atoms with van der Waals surface area (Å²) in [6.07, 6.45) is 1.42. The lowest BCUT2D eigenvalue weighted by molar-refractivity contribution is 0.251. The number of hydrogen-bond donors (Lipinski definition) is 3. The number of benzene rings is 1. The van der Waals surface area contributed by atoms with Crippen LogP contribution in [0.5, 0.6) is 0 Å². The van der Waals surface area contributed by atoms with Crippen molar-refractivity contribution in [1.82, 2.24) is 15.1 Å². The van der Waals surface area contributed by atoms with Crippen LogP contribution in [0.15, 0.2) is 30.5 Å². The van der Waals surface area contributed by atoms with Gasteiger partial charge in [0.25, 0.3) is 0 Å². The maximum absolute atomic E-state index is 11.7. The minimum Gasteiger partial charge on any atom is -0.382 e. The topological polar surface area (TPSA) is 109 Å². The molecule has 1 aromatic heterocycles. The van der Waals surface area contributed by atoms with Gasteiger partial charge in [-0.25, -0.2) is 9.48 Å². The lowest BCUT2D eigenvalue weighted by atomic mass is 10.2. The molecule has 2 amide bonds. The van der Waals surface area contributed by atoms with E-state index in [9.17, 15) is 4.79 Å². The molecule has 0 spiro atoms. The average molecular weight is 298 g/mol. The first-order chi connectivity index (χ1) is 10.5. The summed E-state index contributed by atoms with van der Waals surface area (Å²) in [7, 11) is 0. The Morgan fingerprint density at radius 3 is 2.64 bits per heavy atom. The quantitative estimate of drug-likeness (QED) is 0.803. The lowest BCUT2D eigenvalue weighted by Crippen LogP contribution is -2.31. The molecule has 0 fully saturated rings. The van der Waals surface area contributed by atoms with Gasteiger partial charge in [-0.05, 0) is 30.2 Å². The van der Waals surface area contributed by atoms with Crippen LogP contribution >= 0.6 is 0 Å². The number of carbonyl (C=O) groups is 1. The van der Waals surface area contributed by atoms with Gasteiger partial charge in [0.1, 0.15) is 17.5 Å². The van der Waals surface area contributed by atoms with Gasteiger partial charge < -0.3 is 16.4 Å². The Kier molecular flexibility index (Phi) is 4.63. The molecule has 114 valence electrons. The molecular weight excluding hydrogens is 280 g/mol. The monoisotopic (exact) mass is 298 g/mol. The second-order valence-corrected chi connectivity index (χ2v) is 5.24. The van der Waals surface area contributed by atoms with Gasteiger partial charge in [0.2, 0.25) is 0 Å². The van der Waals surface area contributed by atoms with Crippen molar-refractivity contribution in [2.75, 3.05) is 17.6 Å². The third-order valence-electron chi connectivity index (χ3n) is 2.97. The largest absolute Gasteiger partial charge is 0.382 e. The van der Waals surface area contributed by atoms with Gasteiger partial charge >= 0.3 is 6.03 Å². The number of nitrogens with two attached hydrogens (primary N) is 1. The van der Waals surface area contributed by atoms with Crippen LogP contribution in [-0.2, 0) is 0 Å². The highest BCUT2D eigenvalue weighted by atomic mass is 16.2. The summed E-state index contributed by atoms with van der Waals surface area (Å²) in [6, 6.07) is 8.76. The van der Waals surface area contributed by atoms with Crippen molar-refractivity contribution in [3.05, 3.63) is 36.0 Å². The first-order valence-corrected chi connectivity index (χ1v) is 6.90. The number of nitrogens with one attached hydrogen (secondary N) is 2. The summed E-state index contributed by atoms with van der Waals surface area (Å²) < 4.78 is 1.47. The van der Waals surface area contributed by atoms with Crippen LogP contribution in [0, 0.1) is 17.2 Å². The predicted molar refractivity (Wildman–Crippen MR) is 84.6 cm³/mol. The van der Waals surface area contributed by atoms with E-state index in [4.69, 9.17) is 11.0 Å². The van der Waals surface area contributed by atoms with Gasteiger partial charge in [0, 0.05) is 12.2 Å². The molecule has 7 heteroatoms. The Balaban J connectivity index is 2.06. The number of nitrogen functional groups attached to an aromatic ring is 1. The molecule has 1 heterocycles. The van der Waals surface area contributed by atoms with Crippen LogP contribution in [0.25, 0.3) is 5.69 Å². The highest BCUT2D eigenvalue weighted by molar-refractivity contribution is 5.89. The maximum Gasteiger partial charge on any atom is 0.319 e. The molecule has 0 saturated heterocycles. The van der Waals surface area contributed by atoms with E-state index in [2.05, 4.69) is 15.7 Å². The van der Waals surface area contributed by atoms with Gasteiger partial charge in [-0.3, -0.25) is 0 Å². The number of hydrogen-bond acceptors (Lipinski definition) is 4. The van der Waals surface area contributed by atoms with E-state index in [1.54, 1.807) is 24.3 Å². The zero-order valence-electron chi connectivity index (χ0n) is 12.5. The number of amides is 2. The third-order valence-corrected chi connectivity index (χ3v) is 2.97. The SMILES string of the molecule is CC(C)CNC(=O)Nc1ccc(-n2ncc(C#N)c2N)cc1. The van der Waals surface area contributed by atoms with Crippen molar-refractivity contribution in [3.63, 3.8) is 0 Å². The van der Waals surface area contributed by atoms with Crippen molar-refractivity contribution in [2.24, 2.45) is 5.92 Å². The number of nitrogens with zero attached hydrogens (tertiary/aromatic N) is 3. The molecular formula is C15H18N6O. The standard InChI is InChI=1S/C15H18N6O/c1-10(2)8-18-15(22)20-12-3-5-13(6-4-12)21-14(17)11(7-16)9-19-21/h3-6,9-10H,8,17H2,1-2H3,(H2,18,20,22). The normalized spacial score (nSPS) is 10.3. The number of carbonyl (C=O) groups excluding carboxylic acids is 1. The molecule has 22 heavy (non-hydrogen) atoms. The van der Waals surface area contributed by atoms with Gasteiger partial charge in [-0.2, -0.15) is 10.4 Å². The first-order valence-electron chi connectivity index (χ1n) is 6.90. The third kappa shape index (κ3) is 3.55. The zero-order chi connectivity index (χ0) is 16.1. The van der Waals surface area contributed by atoms with Crippen molar-refractivity contribution < 1.29 is 4.79 Å². The number of nitriles is 1. The van der Waals surface area contributed by atoms with E-state index in [1.165, 1.54) is 10.9 Å². The lowest BCUT2D eigenvalue weighted by Gasteiger charge is -2.10. The molecule has 2 rings (SSSR count). The molecule has 0 atom stereocenters. The summed E-state index contributed by atoms with van der Waals surface area (Å²) in [5, 5.41) is 18.5. The highest BCUT2D eigenvalue weighted by Crippen LogP contribution is 2.18. The van der Waals surface area contributed by atoms with Gasteiger partial charge in [-0.15, -0.1) is 0 Å². The molecule has 0 bridgehead atoms. The molecule has 0 aliphatic carbocycles. The molecule has 4 N–H and O–H groups in total. The molecule has 0 aliphatic rings. The second-order valence-electron chi connectivity index (χ2n) is 5.24. The minimum absolute atomic E-state index is 0.244. The first kappa shape index (κ1) is 15.4. The van der Waals surface area contributed by atoms with E-state index >= 15 is 0 Å². The Labute approximate surface area is 128 Å². The van der Waals surface area contributed by atoms with E-state index in [0.717, 1.165) is 0 Å². The molecule has 0 saturated carbocycles. The van der Waals surface area contributed by atoms with Crippen molar-refractivity contribution in [2.45, 2.75) is 13.8 Å². The van der Waals surface area contributed by atoms with Crippen molar-refractivity contribution >= 4 is 17.5 Å². The van der Waals surface area contributed by atoms with Gasteiger partial charge in [0.05, 0.1) is 11.9 Å². The average Bonchev–Trinajstić information content (AvgIpc) is 2.87. The molecule has 0 unspecified atom stereocenters. The second kappa shape index (κ2) is 6.63. The van der Waals surface area contributed by atoms with Gasteiger partial charge in [0.15, 0.2) is 0 Å². The fourth-order valence-electron chi connectivity index (χ4n) is 1.81. The van der Waals surface area contributed by atoms with Crippen LogP contribution in [0.1, 0.15) is 19.4 Å². The number of anilines is 2. The van der Waals surface area contributed by atoms with Gasteiger partial charge in [-0.1, -0.05) is 13.8 Å². The summed E-state index contributed by atoms with van der Waals surface area (Å²) in [5.74, 6) is 0.683. The van der Waals surface area contributed by atoms with E-state index in [-0.39, 0.29) is 11.8 Å². The summed E-state index contributed by atoms with van der Waals surface area (Å²) >= 11 is 0. The smallest absolute Gasteiger partial charge is 0.319 e. The molecule has 1 aromatic carbocycles. The molecule has 0 aliphatic heterocycles. The predicted octanol–water partition coefficient (Wildman–Crippen LogP) is 2.10. The Bertz CT molecular complexity index is 696. The molecule has 7 nitrogen and oxygen atoms in total. The van der Waals surface area contributed by atoms with E-state index < -0.39 is 0 Å². The summed E-state index contributed by atoms with van der Waals surface area (Å²) in [5.41, 5.74) is 7.54. The Morgan fingerprint density at radius 2 is 2.09 bits per heavy atom. The Morgan fingerprint density at radius 1 is 1.41 bits per heavy atom. The summed E-state index contributed by atoms with van der Waals surface area (Å²) in [4.78, 5) is 11.7.